The first-order valence-electron chi connectivity index (χ1n) is 14.4. The smallest absolute Gasteiger partial charge is 0.321 e. The van der Waals surface area contributed by atoms with Crippen LogP contribution < -0.4 is 5.30 Å². The van der Waals surface area contributed by atoms with Gasteiger partial charge < -0.3 is 19.6 Å². The third kappa shape index (κ3) is 6.47. The third-order valence-electron chi connectivity index (χ3n) is 8.17. The van der Waals surface area contributed by atoms with Crippen LogP contribution in [0.2, 0.25) is 0 Å². The summed E-state index contributed by atoms with van der Waals surface area (Å²) in [7, 11) is -10.2. The predicted octanol–water partition coefficient (Wildman–Crippen LogP) is 6.36. The van der Waals surface area contributed by atoms with Crippen LogP contribution in [0.1, 0.15) is 22.3 Å². The molecule has 13 heteroatoms. The van der Waals surface area contributed by atoms with E-state index >= 15 is 0 Å². The van der Waals surface area contributed by atoms with Gasteiger partial charge in [0.2, 0.25) is 0 Å². The number of halogens is 2. The maximum atomic E-state index is 14.5. The van der Waals surface area contributed by atoms with Crippen LogP contribution in [0.5, 0.6) is 0 Å². The summed E-state index contributed by atoms with van der Waals surface area (Å²) in [6.45, 7) is 0. The lowest BCUT2D eigenvalue weighted by Crippen LogP contribution is -2.40. The standard InChI is InChI=1S/C34H29F2N3O6P2/c35-34(36,47(43,44)45)29-18-16-24(17-19-29)22-33(28-11-2-1-3-12-28,39-32-15-5-4-14-31(32)37-38-39)23-25-8-6-9-26(20-25)27-10-7-13-30(21-27)46(40,41)42/h1-21H,22-23H2,(H2,40,41,42)(H2,43,44,45). The van der Waals surface area contributed by atoms with Gasteiger partial charge in [0.05, 0.1) is 16.4 Å². The van der Waals surface area contributed by atoms with Crippen molar-refractivity contribution in [2.24, 2.45) is 0 Å². The summed E-state index contributed by atoms with van der Waals surface area (Å²) in [6.07, 6.45) is 0.556. The molecule has 0 aliphatic rings. The van der Waals surface area contributed by atoms with E-state index in [2.05, 4.69) is 10.3 Å². The summed E-state index contributed by atoms with van der Waals surface area (Å²) in [5.74, 6) is 0. The molecule has 1 heterocycles. The van der Waals surface area contributed by atoms with E-state index in [1.54, 1.807) is 12.1 Å². The van der Waals surface area contributed by atoms with Crippen molar-refractivity contribution in [3.8, 4) is 11.1 Å². The van der Waals surface area contributed by atoms with E-state index in [4.69, 9.17) is 0 Å². The average Bonchev–Trinajstić information content (AvgIpc) is 3.49. The first kappa shape index (κ1) is 32.6. The van der Waals surface area contributed by atoms with E-state index in [1.807, 2.05) is 83.5 Å². The van der Waals surface area contributed by atoms with Gasteiger partial charge >= 0.3 is 20.9 Å². The molecule has 0 aliphatic carbocycles. The van der Waals surface area contributed by atoms with Gasteiger partial charge in [0.1, 0.15) is 5.52 Å². The van der Waals surface area contributed by atoms with Gasteiger partial charge in [0, 0.05) is 18.4 Å². The molecule has 0 spiro atoms. The zero-order valence-corrected chi connectivity index (χ0v) is 26.4. The van der Waals surface area contributed by atoms with Crippen LogP contribution in [0.25, 0.3) is 22.2 Å². The Bertz CT molecular complexity index is 2150. The van der Waals surface area contributed by atoms with Crippen molar-refractivity contribution >= 4 is 31.5 Å². The number of hydrogen-bond donors (Lipinski definition) is 4. The maximum absolute atomic E-state index is 14.5. The van der Waals surface area contributed by atoms with Crippen LogP contribution in [0.4, 0.5) is 8.78 Å². The molecule has 6 rings (SSSR count). The van der Waals surface area contributed by atoms with Crippen molar-refractivity contribution in [2.75, 3.05) is 0 Å². The minimum Gasteiger partial charge on any atom is -0.321 e. The van der Waals surface area contributed by atoms with E-state index in [9.17, 15) is 37.5 Å². The van der Waals surface area contributed by atoms with Crippen LogP contribution in [-0.2, 0) is 33.2 Å². The van der Waals surface area contributed by atoms with Gasteiger partial charge in [0.15, 0.2) is 0 Å². The number of para-hydroxylation sites is 1. The predicted molar refractivity (Wildman–Crippen MR) is 174 cm³/mol. The number of alkyl halides is 2. The molecular formula is C34H29F2N3O6P2. The van der Waals surface area contributed by atoms with E-state index in [-0.39, 0.29) is 11.7 Å². The fraction of sp³-hybridized carbons (Fsp3) is 0.118. The van der Waals surface area contributed by atoms with Crippen molar-refractivity contribution in [3.63, 3.8) is 0 Å². The Labute approximate surface area is 268 Å². The molecule has 0 saturated carbocycles. The molecule has 1 unspecified atom stereocenters. The molecule has 4 N–H and O–H groups in total. The van der Waals surface area contributed by atoms with Crippen molar-refractivity contribution in [1.82, 2.24) is 15.0 Å². The summed E-state index contributed by atoms with van der Waals surface area (Å²) >= 11 is 0. The normalized spacial score (nSPS) is 13.8. The van der Waals surface area contributed by atoms with Crippen LogP contribution >= 0.6 is 15.2 Å². The largest absolute Gasteiger partial charge is 0.399 e. The van der Waals surface area contributed by atoms with Gasteiger partial charge in [-0.15, -0.1) is 5.10 Å². The summed E-state index contributed by atoms with van der Waals surface area (Å²) in [5.41, 5.74) is -1.12. The molecule has 9 nitrogen and oxygen atoms in total. The molecule has 1 atom stereocenters. The van der Waals surface area contributed by atoms with E-state index in [1.165, 1.54) is 24.3 Å². The fourth-order valence-corrected chi connectivity index (χ4v) is 6.94. The molecule has 0 saturated heterocycles. The van der Waals surface area contributed by atoms with Crippen molar-refractivity contribution < 1.29 is 37.5 Å². The lowest BCUT2D eigenvalue weighted by molar-refractivity contribution is 0.0564. The topological polar surface area (TPSA) is 146 Å². The zero-order chi connectivity index (χ0) is 33.5. The summed E-state index contributed by atoms with van der Waals surface area (Å²) in [4.78, 5) is 38.0. The molecule has 0 amide bonds. The van der Waals surface area contributed by atoms with E-state index in [0.717, 1.165) is 34.3 Å². The van der Waals surface area contributed by atoms with E-state index < -0.39 is 32.0 Å². The third-order valence-corrected chi connectivity index (χ3v) is 10.1. The SMILES string of the molecule is O=P(O)(O)c1cccc(-c2cccc(CC(Cc3ccc(C(F)(F)P(=O)(O)O)cc3)(c3ccccc3)n3nnc4ccccc43)c2)c1. The summed E-state index contributed by atoms with van der Waals surface area (Å²) in [6, 6.07) is 35.6. The highest BCUT2D eigenvalue weighted by Gasteiger charge is 2.50. The van der Waals surface area contributed by atoms with Gasteiger partial charge in [-0.05, 0) is 52.1 Å². The lowest BCUT2D eigenvalue weighted by atomic mass is 9.78. The molecule has 0 bridgehead atoms. The number of fused-ring (bicyclic) bond motifs is 1. The molecule has 1 aromatic heterocycles. The molecule has 0 radical (unpaired) electrons. The highest BCUT2D eigenvalue weighted by atomic mass is 31.2. The van der Waals surface area contributed by atoms with Gasteiger partial charge in [-0.2, -0.15) is 8.78 Å². The molecule has 5 aromatic carbocycles. The van der Waals surface area contributed by atoms with Crippen LogP contribution in [0, 0.1) is 0 Å². The van der Waals surface area contributed by atoms with Gasteiger partial charge in [-0.25, -0.2) is 4.68 Å². The summed E-state index contributed by atoms with van der Waals surface area (Å²) < 4.78 is 54.3. The average molecular weight is 676 g/mol. The number of benzene rings is 5. The van der Waals surface area contributed by atoms with Crippen LogP contribution in [0.15, 0.2) is 127 Å². The minimum absolute atomic E-state index is 0.0964. The Morgan fingerprint density at radius 3 is 1.94 bits per heavy atom. The first-order valence-corrected chi connectivity index (χ1v) is 17.7. The minimum atomic E-state index is -5.75. The van der Waals surface area contributed by atoms with Gasteiger partial charge in [-0.3, -0.25) is 9.13 Å². The van der Waals surface area contributed by atoms with Crippen LogP contribution in [0.3, 0.4) is 0 Å². The monoisotopic (exact) mass is 675 g/mol. The maximum Gasteiger partial charge on any atom is 0.399 e. The first-order chi connectivity index (χ1) is 22.3. The van der Waals surface area contributed by atoms with Crippen molar-refractivity contribution in [1.29, 1.82) is 0 Å². The molecule has 6 aromatic rings. The second-order valence-electron chi connectivity index (χ2n) is 11.3. The highest BCUT2D eigenvalue weighted by Crippen LogP contribution is 2.59. The van der Waals surface area contributed by atoms with Gasteiger partial charge in [-0.1, -0.05) is 108 Å². The lowest BCUT2D eigenvalue weighted by Gasteiger charge is -2.36. The fourth-order valence-electron chi connectivity index (χ4n) is 5.87. The van der Waals surface area contributed by atoms with E-state index in [0.29, 0.717) is 23.1 Å². The summed E-state index contributed by atoms with van der Waals surface area (Å²) in [5, 5.41) is 8.92. The second kappa shape index (κ2) is 12.4. The zero-order valence-electron chi connectivity index (χ0n) is 24.6. The van der Waals surface area contributed by atoms with Crippen molar-refractivity contribution in [2.45, 2.75) is 24.0 Å². The number of hydrogen-bond acceptors (Lipinski definition) is 4. The molecular weight excluding hydrogens is 646 g/mol. The quantitative estimate of drug-likeness (QED) is 0.123. The second-order valence-corrected chi connectivity index (χ2v) is 14.6. The van der Waals surface area contributed by atoms with Crippen molar-refractivity contribution in [3.05, 3.63) is 150 Å². The molecule has 47 heavy (non-hydrogen) atoms. The number of rotatable bonds is 10. The van der Waals surface area contributed by atoms with Gasteiger partial charge in [0.25, 0.3) is 0 Å². The Morgan fingerprint density at radius 1 is 0.638 bits per heavy atom. The Kier molecular flexibility index (Phi) is 8.57. The molecule has 0 fully saturated rings. The highest BCUT2D eigenvalue weighted by molar-refractivity contribution is 7.60. The molecule has 0 aliphatic heterocycles. The Morgan fingerprint density at radius 2 is 1.26 bits per heavy atom. The number of aromatic nitrogens is 3. The molecule has 240 valence electrons. The Hall–Kier alpha value is -4.34. The Balaban J connectivity index is 1.51. The van der Waals surface area contributed by atoms with Crippen LogP contribution in [-0.4, -0.2) is 34.6 Å². The number of nitrogens with zero attached hydrogens (tertiary/aromatic N) is 3.